The Morgan fingerprint density at radius 3 is 2.74 bits per heavy atom. The van der Waals surface area contributed by atoms with Crippen molar-refractivity contribution in [2.45, 2.75) is 46.7 Å². The Hall–Kier alpha value is -3.39. The Labute approximate surface area is 204 Å². The van der Waals surface area contributed by atoms with Crippen LogP contribution in [-0.4, -0.2) is 33.5 Å². The van der Waals surface area contributed by atoms with E-state index in [1.54, 1.807) is 19.3 Å². The number of aliphatic imine (C=N–C) groups is 1. The predicted molar refractivity (Wildman–Crippen MR) is 134 cm³/mol. The van der Waals surface area contributed by atoms with Crippen LogP contribution in [0.15, 0.2) is 70.1 Å². The summed E-state index contributed by atoms with van der Waals surface area (Å²) in [6, 6.07) is 9.54. The minimum Gasteiger partial charge on any atom is -0.463 e. The molecule has 0 saturated heterocycles. The van der Waals surface area contributed by atoms with Gasteiger partial charge in [-0.2, -0.15) is 0 Å². The molecule has 2 aromatic rings. The van der Waals surface area contributed by atoms with Gasteiger partial charge < -0.3 is 15.0 Å². The lowest BCUT2D eigenvalue weighted by molar-refractivity contribution is -0.139. The van der Waals surface area contributed by atoms with Gasteiger partial charge in [-0.25, -0.2) is 9.79 Å². The minimum absolute atomic E-state index is 0.111. The monoisotopic (exact) mass is 476 g/mol. The van der Waals surface area contributed by atoms with Crippen molar-refractivity contribution < 1.29 is 14.3 Å². The van der Waals surface area contributed by atoms with Crippen molar-refractivity contribution in [1.82, 2.24) is 15.2 Å². The molecule has 0 spiro atoms. The lowest BCUT2D eigenvalue weighted by Crippen LogP contribution is -2.38. The number of hydrogen-bond donors (Lipinski definition) is 1. The Bertz CT molecular complexity index is 1200. The summed E-state index contributed by atoms with van der Waals surface area (Å²) in [6.45, 7) is 8.40. The predicted octanol–water partition coefficient (Wildman–Crippen LogP) is 4.54. The Balaban J connectivity index is 1.64. The van der Waals surface area contributed by atoms with Crippen LogP contribution < -0.4 is 5.32 Å². The molecule has 1 atom stereocenters. The smallest absolute Gasteiger partial charge is 0.338 e. The molecule has 1 aromatic carbocycles. The van der Waals surface area contributed by atoms with Crippen molar-refractivity contribution in [1.29, 1.82) is 0 Å². The number of esters is 1. The molecule has 2 aliphatic heterocycles. The third-order valence-corrected chi connectivity index (χ3v) is 6.66. The van der Waals surface area contributed by atoms with Gasteiger partial charge in [0.1, 0.15) is 0 Å². The van der Waals surface area contributed by atoms with E-state index < -0.39 is 6.04 Å². The first-order chi connectivity index (χ1) is 16.4. The quantitative estimate of drug-likeness (QED) is 0.591. The van der Waals surface area contributed by atoms with E-state index in [0.29, 0.717) is 17.8 Å². The Kier molecular flexibility index (Phi) is 7.17. The van der Waals surface area contributed by atoms with Gasteiger partial charge in [0.2, 0.25) is 5.91 Å². The summed E-state index contributed by atoms with van der Waals surface area (Å²) in [5.74, 6) is -0.495. The maximum atomic E-state index is 13.1. The van der Waals surface area contributed by atoms with Crippen LogP contribution >= 0.6 is 11.8 Å². The van der Waals surface area contributed by atoms with E-state index in [2.05, 4.69) is 16.4 Å². The number of aromatic nitrogens is 1. The molecule has 0 unspecified atom stereocenters. The lowest BCUT2D eigenvalue weighted by Gasteiger charge is -2.37. The highest BCUT2D eigenvalue weighted by atomic mass is 32.2. The van der Waals surface area contributed by atoms with Crippen LogP contribution in [0, 0.1) is 13.8 Å². The molecule has 1 aromatic heterocycles. The highest BCUT2D eigenvalue weighted by molar-refractivity contribution is 8.16. The standard InChI is InChI=1S/C26H28N4O3S/c1-5-33-25(32)23-18(4)29-26-30(24(23)21-9-8-16(2)11-17(21)3)20(15-34-26)12-22(31)28-14-19-7-6-10-27-13-19/h6-11,13,15,24H,5,12,14H2,1-4H3,(H,28,31)/t24-/m1/s1. The van der Waals surface area contributed by atoms with Crippen molar-refractivity contribution >= 4 is 28.8 Å². The number of nitrogens with one attached hydrogen (secondary N) is 1. The van der Waals surface area contributed by atoms with Gasteiger partial charge >= 0.3 is 5.97 Å². The summed E-state index contributed by atoms with van der Waals surface area (Å²) in [7, 11) is 0. The number of benzene rings is 1. The molecule has 0 fully saturated rings. The van der Waals surface area contributed by atoms with Crippen molar-refractivity contribution in [3.05, 3.63) is 87.4 Å². The number of ether oxygens (including phenoxy) is 1. The molecular weight excluding hydrogens is 448 g/mol. The van der Waals surface area contributed by atoms with E-state index in [4.69, 9.17) is 9.73 Å². The molecule has 0 saturated carbocycles. The summed E-state index contributed by atoms with van der Waals surface area (Å²) in [5, 5.41) is 5.66. The van der Waals surface area contributed by atoms with Crippen molar-refractivity contribution in [2.75, 3.05) is 6.61 Å². The molecule has 1 N–H and O–H groups in total. The molecule has 34 heavy (non-hydrogen) atoms. The zero-order valence-electron chi connectivity index (χ0n) is 19.8. The van der Waals surface area contributed by atoms with Gasteiger partial charge in [0.15, 0.2) is 5.17 Å². The topological polar surface area (TPSA) is 83.9 Å². The first kappa shape index (κ1) is 23.8. The van der Waals surface area contributed by atoms with Crippen LogP contribution in [0.4, 0.5) is 0 Å². The Morgan fingerprint density at radius 2 is 2.03 bits per heavy atom. The Morgan fingerprint density at radius 1 is 1.21 bits per heavy atom. The number of nitrogens with zero attached hydrogens (tertiary/aromatic N) is 3. The first-order valence-corrected chi connectivity index (χ1v) is 12.1. The van der Waals surface area contributed by atoms with Crippen LogP contribution in [0.1, 0.15) is 48.6 Å². The molecule has 1 amide bonds. The second-order valence-corrected chi connectivity index (χ2v) is 9.12. The first-order valence-electron chi connectivity index (χ1n) is 11.2. The van der Waals surface area contributed by atoms with Gasteiger partial charge in [-0.15, -0.1) is 0 Å². The molecule has 4 rings (SSSR count). The molecule has 0 aliphatic carbocycles. The summed E-state index contributed by atoms with van der Waals surface area (Å²) < 4.78 is 5.42. The number of allylic oxidation sites excluding steroid dienone is 1. The fourth-order valence-corrected chi connectivity index (χ4v) is 5.16. The SMILES string of the molecule is CCOC(=O)C1=C(C)N=C2SC=C(CC(=O)NCc3cccnc3)N2[C@@H]1c1ccc(C)cc1C. The van der Waals surface area contributed by atoms with Gasteiger partial charge in [0.05, 0.1) is 30.3 Å². The lowest BCUT2D eigenvalue weighted by atomic mass is 9.90. The number of fused-ring (bicyclic) bond motifs is 1. The van der Waals surface area contributed by atoms with Gasteiger partial charge in [0, 0.05) is 24.6 Å². The normalized spacial score (nSPS) is 17.2. The van der Waals surface area contributed by atoms with E-state index >= 15 is 0 Å². The number of carbonyl (C=O) groups excluding carboxylic acids is 2. The van der Waals surface area contributed by atoms with Crippen molar-refractivity contribution in [3.8, 4) is 0 Å². The molecule has 7 nitrogen and oxygen atoms in total. The average molecular weight is 477 g/mol. The van der Waals surface area contributed by atoms with E-state index in [-0.39, 0.29) is 24.9 Å². The van der Waals surface area contributed by atoms with Crippen LogP contribution in [0.3, 0.4) is 0 Å². The van der Waals surface area contributed by atoms with Crippen LogP contribution in [-0.2, 0) is 20.9 Å². The van der Waals surface area contributed by atoms with Crippen molar-refractivity contribution in [2.24, 2.45) is 4.99 Å². The van der Waals surface area contributed by atoms with Crippen molar-refractivity contribution in [3.63, 3.8) is 0 Å². The minimum atomic E-state index is -0.417. The zero-order valence-corrected chi connectivity index (χ0v) is 20.6. The van der Waals surface area contributed by atoms with E-state index in [0.717, 1.165) is 33.1 Å². The molecule has 0 radical (unpaired) electrons. The molecular formula is C26H28N4O3S. The van der Waals surface area contributed by atoms with Crippen LogP contribution in [0.5, 0.6) is 0 Å². The molecule has 0 bridgehead atoms. The zero-order chi connectivity index (χ0) is 24.2. The number of aryl methyl sites for hydroxylation is 2. The highest BCUT2D eigenvalue weighted by Gasteiger charge is 2.41. The number of rotatable bonds is 7. The third-order valence-electron chi connectivity index (χ3n) is 5.77. The third kappa shape index (κ3) is 4.92. The summed E-state index contributed by atoms with van der Waals surface area (Å²) in [4.78, 5) is 36.7. The average Bonchev–Trinajstić information content (AvgIpc) is 3.19. The second-order valence-electron chi connectivity index (χ2n) is 8.29. The van der Waals surface area contributed by atoms with Crippen LogP contribution in [0.2, 0.25) is 0 Å². The van der Waals surface area contributed by atoms with Crippen LogP contribution in [0.25, 0.3) is 0 Å². The number of pyridine rings is 1. The van der Waals surface area contributed by atoms with Gasteiger partial charge in [-0.3, -0.25) is 9.78 Å². The second kappa shape index (κ2) is 10.3. The van der Waals surface area contributed by atoms with Gasteiger partial charge in [0.25, 0.3) is 0 Å². The van der Waals surface area contributed by atoms with Gasteiger partial charge in [-0.05, 0) is 55.9 Å². The molecule has 176 valence electrons. The number of amidine groups is 1. The van der Waals surface area contributed by atoms with E-state index in [9.17, 15) is 9.59 Å². The number of amides is 1. The maximum Gasteiger partial charge on any atom is 0.338 e. The van der Waals surface area contributed by atoms with E-state index in [1.807, 2.05) is 55.3 Å². The number of thioether (sulfide) groups is 1. The fourth-order valence-electron chi connectivity index (χ4n) is 4.20. The largest absolute Gasteiger partial charge is 0.463 e. The molecule has 2 aliphatic rings. The van der Waals surface area contributed by atoms with Gasteiger partial charge in [-0.1, -0.05) is 41.6 Å². The highest BCUT2D eigenvalue weighted by Crippen LogP contribution is 2.45. The fraction of sp³-hybridized carbons (Fsp3) is 0.308. The van der Waals surface area contributed by atoms with E-state index in [1.165, 1.54) is 11.8 Å². The maximum absolute atomic E-state index is 13.1. The molecule has 3 heterocycles. The number of carbonyl (C=O) groups is 2. The summed E-state index contributed by atoms with van der Waals surface area (Å²) in [6.07, 6.45) is 3.60. The molecule has 8 heteroatoms. The summed E-state index contributed by atoms with van der Waals surface area (Å²) in [5.41, 5.74) is 6.07. The number of hydrogen-bond acceptors (Lipinski definition) is 7. The summed E-state index contributed by atoms with van der Waals surface area (Å²) >= 11 is 1.47.